The van der Waals surface area contributed by atoms with E-state index in [1.165, 1.54) is 0 Å². The highest BCUT2D eigenvalue weighted by Crippen LogP contribution is 2.09. The van der Waals surface area contributed by atoms with E-state index in [1.807, 2.05) is 27.4 Å². The van der Waals surface area contributed by atoms with Crippen LogP contribution in [0.1, 0.15) is 76.7 Å². The molecule has 424 valence electrons. The van der Waals surface area contributed by atoms with Crippen molar-refractivity contribution in [3.8, 4) is 0 Å². The van der Waals surface area contributed by atoms with Crippen LogP contribution in [0.3, 0.4) is 0 Å². The number of carboxylic acids is 5. The Morgan fingerprint density at radius 3 is 1.59 bits per heavy atom. The summed E-state index contributed by atoms with van der Waals surface area (Å²) in [7, 11) is 0. The van der Waals surface area contributed by atoms with Crippen LogP contribution in [0, 0.1) is 0 Å². The van der Waals surface area contributed by atoms with Crippen LogP contribution in [0.15, 0.2) is 35.3 Å². The number of hydrogen-bond acceptors (Lipinski definition) is 15. The number of aliphatic carboxylic acids is 5. The molecule has 1 aliphatic rings. The van der Waals surface area contributed by atoms with Crippen LogP contribution >= 0.6 is 0 Å². The summed E-state index contributed by atoms with van der Waals surface area (Å²) in [6.07, 6.45) is -1.73. The second kappa shape index (κ2) is 35.5. The lowest BCUT2D eigenvalue weighted by molar-refractivity contribution is -0.143. The van der Waals surface area contributed by atoms with E-state index in [2.05, 4.69) is 36.5 Å². The van der Waals surface area contributed by atoms with Gasteiger partial charge in [0, 0.05) is 84.6 Å². The molecule has 0 aliphatic carbocycles. The Hall–Kier alpha value is -7.66. The quantitative estimate of drug-likeness (QED) is 0.0178. The summed E-state index contributed by atoms with van der Waals surface area (Å²) in [5.74, 6) is -10.3. The van der Waals surface area contributed by atoms with Crippen LogP contribution in [0.5, 0.6) is 0 Å². The molecule has 2 rings (SSSR count). The van der Waals surface area contributed by atoms with E-state index in [0.29, 0.717) is 51.3 Å². The van der Waals surface area contributed by atoms with Gasteiger partial charge in [-0.3, -0.25) is 48.4 Å². The van der Waals surface area contributed by atoms with Gasteiger partial charge in [-0.05, 0) is 57.1 Å². The molecule has 5 atom stereocenters. The highest BCUT2D eigenvalue weighted by molar-refractivity contribution is 5.94. The second-order valence-electron chi connectivity index (χ2n) is 17.9. The number of rotatable bonds is 35. The molecule has 2 unspecified atom stereocenters. The predicted octanol–water partition coefficient (Wildman–Crippen LogP) is -3.51. The fourth-order valence-electron chi connectivity index (χ4n) is 7.69. The first kappa shape index (κ1) is 64.5. The van der Waals surface area contributed by atoms with Gasteiger partial charge in [-0.2, -0.15) is 0 Å². The zero-order valence-corrected chi connectivity index (χ0v) is 42.7. The Morgan fingerprint density at radius 1 is 0.526 bits per heavy atom. The van der Waals surface area contributed by atoms with Crippen LogP contribution in [0.25, 0.3) is 0 Å². The lowest BCUT2D eigenvalue weighted by atomic mass is 10.0. The summed E-state index contributed by atoms with van der Waals surface area (Å²) in [5, 5.41) is 64.0. The summed E-state index contributed by atoms with van der Waals surface area (Å²) in [5.41, 5.74) is 11.5. The number of nitrogens with zero attached hydrogens (tertiary/aromatic N) is 4. The first-order valence-electron chi connectivity index (χ1n) is 25.0. The molecular formula is C47H75N13O16. The van der Waals surface area contributed by atoms with Crippen LogP contribution in [-0.4, -0.2) is 220 Å². The lowest BCUT2D eigenvalue weighted by Crippen LogP contribution is -2.56. The summed E-state index contributed by atoms with van der Waals surface area (Å²) < 4.78 is 0. The third kappa shape index (κ3) is 28.1. The molecule has 1 saturated heterocycles. The molecule has 0 saturated carbocycles. The van der Waals surface area contributed by atoms with Crippen molar-refractivity contribution in [1.29, 1.82) is 0 Å². The average Bonchev–Trinajstić information content (AvgIpc) is 3.44. The van der Waals surface area contributed by atoms with E-state index in [-0.39, 0.29) is 83.1 Å². The van der Waals surface area contributed by atoms with Gasteiger partial charge in [0.05, 0.1) is 13.1 Å². The number of likely N-dealkylation sites (N-methyl/N-ethyl adjacent to an activating group) is 1. The molecule has 0 aromatic heterocycles. The van der Waals surface area contributed by atoms with Gasteiger partial charge in [0.1, 0.15) is 30.2 Å². The number of nitrogens with one attached hydrogen (secondary N) is 7. The lowest BCUT2D eigenvalue weighted by Gasteiger charge is -2.25. The van der Waals surface area contributed by atoms with E-state index in [4.69, 9.17) is 16.6 Å². The van der Waals surface area contributed by atoms with Gasteiger partial charge in [-0.25, -0.2) is 19.2 Å². The fourth-order valence-corrected chi connectivity index (χ4v) is 7.69. The number of carbonyl (C=O) groups excluding carboxylic acids is 6. The standard InChI is InChI=1S/C47H75N13O16/c1-2-58-21-23-59(25-26-60(24-22-58)29-40(66)67)28-38(63)50-18-7-6-11-32(43(70)71)55-41(68)31(12-8-19-52-46(48)49)54-42(69)35(27-30-9-4-3-5-10-30)53-37(62)17-20-51-36(61)15-13-33(44(72)73)56-47(76)57-34(45(74)75)14-16-39(64)65/h3-5,9-10,31-35H,2,6-8,11-29H2,1H3,(H,50,63)(H,51,61)(H,53,62)(H,54,69)(H,55,68)(H,64,65)(H,66,67)(H,70,71)(H,72,73)(H,74,75)(H4,48,49,52)(H2,56,57,76)/t31-,32-,33?,34?,35-/m0/s1. The minimum Gasteiger partial charge on any atom is -0.481 e. The first-order chi connectivity index (χ1) is 36.1. The van der Waals surface area contributed by atoms with Crippen LogP contribution in [0.4, 0.5) is 4.79 Å². The number of unbranched alkanes of at least 4 members (excludes halogenated alkanes) is 1. The predicted molar refractivity (Wildman–Crippen MR) is 271 cm³/mol. The normalized spacial score (nSPS) is 15.2. The molecule has 1 heterocycles. The Bertz CT molecular complexity index is 2130. The highest BCUT2D eigenvalue weighted by atomic mass is 16.4. The van der Waals surface area contributed by atoms with Gasteiger partial charge < -0.3 is 79.1 Å². The van der Waals surface area contributed by atoms with Crippen molar-refractivity contribution in [2.75, 3.05) is 78.5 Å². The molecule has 16 N–H and O–H groups in total. The number of urea groups is 1. The molecule has 7 amide bonds. The van der Waals surface area contributed by atoms with Crippen molar-refractivity contribution in [3.05, 3.63) is 35.9 Å². The third-order valence-electron chi connectivity index (χ3n) is 11.9. The largest absolute Gasteiger partial charge is 0.481 e. The van der Waals surface area contributed by atoms with Gasteiger partial charge in [0.25, 0.3) is 0 Å². The Balaban J connectivity index is 2.04. The molecule has 29 nitrogen and oxygen atoms in total. The molecule has 1 aromatic carbocycles. The number of hydrogen-bond donors (Lipinski definition) is 14. The Morgan fingerprint density at radius 2 is 1.04 bits per heavy atom. The van der Waals surface area contributed by atoms with Crippen LogP contribution in [0.2, 0.25) is 0 Å². The maximum absolute atomic E-state index is 14.0. The monoisotopic (exact) mass is 1080 g/mol. The van der Waals surface area contributed by atoms with Crippen LogP contribution in [-0.2, 0) is 54.4 Å². The molecule has 1 fully saturated rings. The van der Waals surface area contributed by atoms with Crippen molar-refractivity contribution in [3.63, 3.8) is 0 Å². The number of carboxylic acid groups (broad SMARTS) is 5. The van der Waals surface area contributed by atoms with Gasteiger partial charge in [-0.1, -0.05) is 37.3 Å². The van der Waals surface area contributed by atoms with E-state index < -0.39 is 115 Å². The zero-order valence-electron chi connectivity index (χ0n) is 42.7. The van der Waals surface area contributed by atoms with Crippen molar-refractivity contribution in [2.45, 2.75) is 108 Å². The Kier molecular flexibility index (Phi) is 30.1. The maximum Gasteiger partial charge on any atom is 0.326 e. The number of carbonyl (C=O) groups is 11. The smallest absolute Gasteiger partial charge is 0.326 e. The SMILES string of the molecule is CCN1CCN(CC(=O)O)CCN(CC(=O)NCCCC[C@H](NC(=O)[C@H](CCCN=C(N)N)NC(=O)[C@H](Cc2ccccc2)NC(=O)CCNC(=O)CCC(NC(=O)NC(CCC(=O)O)C(=O)O)C(=O)O)C(=O)O)CC1. The molecule has 0 spiro atoms. The number of nitrogens with two attached hydrogens (primary N) is 2. The van der Waals surface area contributed by atoms with E-state index in [1.54, 1.807) is 30.3 Å². The molecule has 1 aromatic rings. The Labute approximate surface area is 439 Å². The first-order valence-corrected chi connectivity index (χ1v) is 25.0. The number of aliphatic imine (C=N–C) groups is 1. The van der Waals surface area contributed by atoms with Crippen molar-refractivity contribution in [1.82, 2.24) is 51.9 Å². The fraction of sp³-hybridized carbons (Fsp3) is 0.617. The van der Waals surface area contributed by atoms with Gasteiger partial charge in [-0.15, -0.1) is 0 Å². The van der Waals surface area contributed by atoms with Gasteiger partial charge in [0.2, 0.25) is 29.5 Å². The van der Waals surface area contributed by atoms with Crippen LogP contribution < -0.4 is 48.7 Å². The number of benzene rings is 1. The molecule has 29 heteroatoms. The van der Waals surface area contributed by atoms with Gasteiger partial charge in [0.15, 0.2) is 5.96 Å². The average molecular weight is 1080 g/mol. The molecule has 0 radical (unpaired) electrons. The van der Waals surface area contributed by atoms with Crippen molar-refractivity contribution < 1.29 is 78.3 Å². The number of amides is 7. The summed E-state index contributed by atoms with van der Waals surface area (Å²) >= 11 is 0. The zero-order chi connectivity index (χ0) is 56.6. The van der Waals surface area contributed by atoms with Gasteiger partial charge >= 0.3 is 35.9 Å². The van der Waals surface area contributed by atoms with Crippen molar-refractivity contribution >= 4 is 71.4 Å². The van der Waals surface area contributed by atoms with E-state index in [9.17, 15) is 73.2 Å². The minimum atomic E-state index is -1.66. The number of guanidine groups is 1. The summed E-state index contributed by atoms with van der Waals surface area (Å²) in [4.78, 5) is 146. The molecule has 0 bridgehead atoms. The molecule has 1 aliphatic heterocycles. The van der Waals surface area contributed by atoms with E-state index in [0.717, 1.165) is 6.54 Å². The minimum absolute atomic E-state index is 0.0338. The summed E-state index contributed by atoms with van der Waals surface area (Å²) in [6.45, 7) is 6.36. The maximum atomic E-state index is 14.0. The summed E-state index contributed by atoms with van der Waals surface area (Å²) in [6, 6.07) is -0.0330. The topological polar surface area (TPSA) is 447 Å². The molecular weight excluding hydrogens is 1000 g/mol. The third-order valence-corrected chi connectivity index (χ3v) is 11.9. The highest BCUT2D eigenvalue weighted by Gasteiger charge is 2.31. The van der Waals surface area contributed by atoms with Crippen molar-refractivity contribution in [2.24, 2.45) is 16.5 Å². The molecule has 76 heavy (non-hydrogen) atoms. The second-order valence-corrected chi connectivity index (χ2v) is 17.9. The van der Waals surface area contributed by atoms with E-state index >= 15 is 0 Å².